The van der Waals surface area contributed by atoms with E-state index in [0.29, 0.717) is 12.8 Å². The van der Waals surface area contributed by atoms with Crippen molar-refractivity contribution in [3.63, 3.8) is 0 Å². The van der Waals surface area contributed by atoms with Crippen LogP contribution in [0.1, 0.15) is 39.5 Å². The molecule has 0 atom stereocenters. The van der Waals surface area contributed by atoms with Crippen LogP contribution in [0.25, 0.3) is 0 Å². The van der Waals surface area contributed by atoms with E-state index in [4.69, 9.17) is 35.0 Å². The molecule has 0 aromatic heterocycles. The van der Waals surface area contributed by atoms with Crippen LogP contribution >= 0.6 is 0 Å². The molecule has 0 aliphatic carbocycles. The Morgan fingerprint density at radius 1 is 0.640 bits per heavy atom. The van der Waals surface area contributed by atoms with Crippen molar-refractivity contribution in [1.82, 2.24) is 0 Å². The van der Waals surface area contributed by atoms with Gasteiger partial charge in [0.15, 0.2) is 0 Å². The Balaban J connectivity index is -0.0000000333. The van der Waals surface area contributed by atoms with Crippen LogP contribution in [0.4, 0.5) is 0 Å². The molecule has 0 unspecified atom stereocenters. The Hall–Kier alpha value is 0.979. The van der Waals surface area contributed by atoms with Gasteiger partial charge in [0.25, 0.3) is 0 Å². The number of hydrogen-bond acceptors (Lipinski definition) is 12. The molecule has 0 amide bonds. The number of carbonyl (C=O) groups excluding carboxylic acids is 2. The van der Waals surface area contributed by atoms with Gasteiger partial charge in [-0.3, -0.25) is 16.8 Å². The van der Waals surface area contributed by atoms with E-state index >= 15 is 0 Å². The maximum atomic E-state index is 9.49. The summed E-state index contributed by atoms with van der Waals surface area (Å²) in [5.74, 6) is -1.92. The smallest absolute Gasteiger partial charge is 0.759 e. The number of carbonyl (C=O) groups is 2. The zero-order valence-corrected chi connectivity index (χ0v) is 19.5. The molecule has 17 heteroatoms. The van der Waals surface area contributed by atoms with E-state index in [9.17, 15) is 19.8 Å². The summed E-state index contributed by atoms with van der Waals surface area (Å²) in [5.41, 5.74) is 0. The van der Waals surface area contributed by atoms with Crippen molar-refractivity contribution >= 4 is 102 Å². The zero-order valence-electron chi connectivity index (χ0n) is 13.7. The average molecular weight is 439 g/mol. The van der Waals surface area contributed by atoms with E-state index in [1.54, 1.807) is 13.8 Å². The topological polar surface area (TPSA) is 241 Å². The van der Waals surface area contributed by atoms with Crippen LogP contribution in [0, 0.1) is 0 Å². The Bertz CT molecular complexity index is 428. The van der Waals surface area contributed by atoms with Gasteiger partial charge in [-0.1, -0.05) is 26.7 Å². The molecular formula is C8H14Mg3O12S2. The van der Waals surface area contributed by atoms with Gasteiger partial charge >= 0.3 is 69.2 Å². The third-order valence-electron chi connectivity index (χ3n) is 0.908. The van der Waals surface area contributed by atoms with Gasteiger partial charge in [0.2, 0.25) is 0 Å². The Labute approximate surface area is 194 Å². The molecule has 0 aliphatic heterocycles. The molecule has 0 fully saturated rings. The zero-order chi connectivity index (χ0) is 19.0. The van der Waals surface area contributed by atoms with Crippen LogP contribution in [-0.2, 0) is 30.4 Å². The molecule has 0 aromatic rings. The third kappa shape index (κ3) is 271. The summed E-state index contributed by atoms with van der Waals surface area (Å²) in [6.07, 6.45) is 1.70. The van der Waals surface area contributed by atoms with E-state index in [2.05, 4.69) is 0 Å². The minimum absolute atomic E-state index is 0. The van der Waals surface area contributed by atoms with Crippen molar-refractivity contribution in [3.8, 4) is 0 Å². The van der Waals surface area contributed by atoms with Gasteiger partial charge in [0.05, 0.1) is 0 Å². The van der Waals surface area contributed by atoms with Gasteiger partial charge in [-0.2, -0.15) is 0 Å². The fraction of sp³-hybridized carbons (Fsp3) is 0.750. The molecule has 0 rings (SSSR count). The number of rotatable bonds is 4. The summed E-state index contributed by atoms with van der Waals surface area (Å²) >= 11 is 0. The third-order valence-corrected chi connectivity index (χ3v) is 0.908. The fourth-order valence-electron chi connectivity index (χ4n) is 0.408. The van der Waals surface area contributed by atoms with E-state index in [-0.39, 0.29) is 82.0 Å². The van der Waals surface area contributed by atoms with Crippen molar-refractivity contribution in [2.45, 2.75) is 39.5 Å². The number of carboxylic acids is 2. The molecule has 0 spiro atoms. The van der Waals surface area contributed by atoms with Crippen LogP contribution in [0.15, 0.2) is 0 Å². The molecule has 25 heavy (non-hydrogen) atoms. The van der Waals surface area contributed by atoms with Crippen molar-refractivity contribution < 1.29 is 54.8 Å². The Morgan fingerprint density at radius 2 is 0.760 bits per heavy atom. The fourth-order valence-corrected chi connectivity index (χ4v) is 0.408. The van der Waals surface area contributed by atoms with Crippen LogP contribution in [0.2, 0.25) is 0 Å². The number of carboxylic acid groups (broad SMARTS) is 2. The monoisotopic (exact) mass is 438 g/mol. The second-order valence-electron chi connectivity index (χ2n) is 3.06. The minimum atomic E-state index is -5.17. The molecule has 0 saturated heterocycles. The van der Waals surface area contributed by atoms with Crippen molar-refractivity contribution in [2.75, 3.05) is 0 Å². The molecule has 0 aliphatic rings. The first-order chi connectivity index (χ1) is 9.54. The summed E-state index contributed by atoms with van der Waals surface area (Å²) in [5, 5.41) is 19.0. The summed E-state index contributed by atoms with van der Waals surface area (Å²) in [6.45, 7) is 3.60. The number of aliphatic carboxylic acids is 2. The first-order valence-electron chi connectivity index (χ1n) is 5.27. The molecule has 0 radical (unpaired) electrons. The summed E-state index contributed by atoms with van der Waals surface area (Å²) in [7, 11) is -10.3. The summed E-state index contributed by atoms with van der Waals surface area (Å²) in [6, 6.07) is 0. The molecule has 0 aromatic carbocycles. The SMILES string of the molecule is CCCC(=O)[O-].CCCC(=O)[O-].O=S(=O)([O-])[O-].O=S(=O)([O-])[O-].[Mg+2].[Mg+2].[Mg+2]. The molecule has 0 heterocycles. The average Bonchev–Trinajstić information content (AvgIpc) is 2.11. The molecule has 0 N–H and O–H groups in total. The normalized spacial score (nSPS) is 8.56. The van der Waals surface area contributed by atoms with Gasteiger partial charge in [-0.25, -0.2) is 0 Å². The van der Waals surface area contributed by atoms with E-state index < -0.39 is 32.7 Å². The second kappa shape index (κ2) is 27.2. The van der Waals surface area contributed by atoms with Gasteiger partial charge in [-0.15, -0.1) is 0 Å². The standard InChI is InChI=1S/2C4H8O2.3Mg.2H2O4S/c2*1-2-3-4(5)6;;;;2*1-5(2,3)4/h2*2-3H2,1H3,(H,5,6);;;;2*(H2,1,2,3,4)/q;;3*+2;;/p-6. The molecule has 136 valence electrons. The van der Waals surface area contributed by atoms with E-state index in [1.165, 1.54) is 0 Å². The van der Waals surface area contributed by atoms with Crippen LogP contribution in [0.3, 0.4) is 0 Å². The van der Waals surface area contributed by atoms with Gasteiger partial charge in [0.1, 0.15) is 0 Å². The Kier molecular flexibility index (Phi) is 49.0. The first kappa shape index (κ1) is 45.0. The molecular weight excluding hydrogens is 425 g/mol. The predicted molar refractivity (Wildman–Crippen MR) is 78.0 cm³/mol. The first-order valence-corrected chi connectivity index (χ1v) is 7.94. The van der Waals surface area contributed by atoms with Crippen LogP contribution in [-0.4, -0.2) is 116 Å². The number of hydrogen-bond donors (Lipinski definition) is 0. The molecule has 0 saturated carbocycles. The summed E-state index contributed by atoms with van der Waals surface area (Å²) in [4.78, 5) is 19.0. The maximum absolute atomic E-state index is 9.49. The van der Waals surface area contributed by atoms with Crippen molar-refractivity contribution in [1.29, 1.82) is 0 Å². The molecule has 0 bridgehead atoms. The van der Waals surface area contributed by atoms with Gasteiger partial charge < -0.3 is 38.0 Å². The van der Waals surface area contributed by atoms with E-state index in [0.717, 1.165) is 0 Å². The largest absolute Gasteiger partial charge is 2.00 e. The van der Waals surface area contributed by atoms with Crippen LogP contribution < -0.4 is 10.2 Å². The van der Waals surface area contributed by atoms with Gasteiger partial charge in [-0.05, 0) is 12.8 Å². The second-order valence-corrected chi connectivity index (χ2v) is 4.69. The maximum Gasteiger partial charge on any atom is 2.00 e. The van der Waals surface area contributed by atoms with Crippen molar-refractivity contribution in [2.24, 2.45) is 0 Å². The van der Waals surface area contributed by atoms with Crippen molar-refractivity contribution in [3.05, 3.63) is 0 Å². The predicted octanol–water partition coefficient (Wildman–Crippen LogP) is -4.75. The van der Waals surface area contributed by atoms with E-state index in [1.807, 2.05) is 0 Å². The van der Waals surface area contributed by atoms with Crippen LogP contribution in [0.5, 0.6) is 0 Å². The summed E-state index contributed by atoms with van der Waals surface area (Å²) < 4.78 is 68.2. The Morgan fingerprint density at radius 3 is 0.760 bits per heavy atom. The van der Waals surface area contributed by atoms with Gasteiger partial charge in [0, 0.05) is 32.7 Å². The minimum Gasteiger partial charge on any atom is -0.759 e. The molecule has 12 nitrogen and oxygen atoms in total. The quantitative estimate of drug-likeness (QED) is 0.228.